The summed E-state index contributed by atoms with van der Waals surface area (Å²) in [7, 11) is 0. The molecule has 0 saturated carbocycles. The molecule has 54 valence electrons. The molecule has 0 spiro atoms. The smallest absolute Gasteiger partial charge is 0.131 e. The van der Waals surface area contributed by atoms with Crippen molar-refractivity contribution >= 4 is 21.6 Å². The van der Waals surface area contributed by atoms with Crippen LogP contribution < -0.4 is 5.54 Å². The SMILES string of the molecule is Oc1cc(NF)ccc1Br. The molecule has 0 aliphatic heterocycles. The highest BCUT2D eigenvalue weighted by atomic mass is 79.9. The van der Waals surface area contributed by atoms with Crippen molar-refractivity contribution in [3.05, 3.63) is 22.7 Å². The lowest BCUT2D eigenvalue weighted by molar-refractivity contribution is 0.471. The van der Waals surface area contributed by atoms with E-state index in [9.17, 15) is 4.48 Å². The molecule has 10 heavy (non-hydrogen) atoms. The Hall–Kier alpha value is -0.770. The van der Waals surface area contributed by atoms with Crippen molar-refractivity contribution in [1.82, 2.24) is 0 Å². The van der Waals surface area contributed by atoms with Gasteiger partial charge in [0.25, 0.3) is 0 Å². The highest BCUT2D eigenvalue weighted by Crippen LogP contribution is 2.26. The van der Waals surface area contributed by atoms with E-state index >= 15 is 0 Å². The summed E-state index contributed by atoms with van der Waals surface area (Å²) < 4.78 is 12.2. The van der Waals surface area contributed by atoms with Gasteiger partial charge in [0.05, 0.1) is 10.2 Å². The Bertz CT molecular complexity index is 241. The maximum Gasteiger partial charge on any atom is 0.131 e. The van der Waals surface area contributed by atoms with Crippen LogP contribution in [0, 0.1) is 0 Å². The molecule has 0 radical (unpaired) electrons. The van der Waals surface area contributed by atoms with E-state index in [0.717, 1.165) is 0 Å². The van der Waals surface area contributed by atoms with E-state index in [-0.39, 0.29) is 11.4 Å². The summed E-state index contributed by atoms with van der Waals surface area (Å²) in [5.41, 5.74) is 1.65. The zero-order valence-corrected chi connectivity index (χ0v) is 6.52. The molecule has 1 aromatic rings. The van der Waals surface area contributed by atoms with Gasteiger partial charge in [0, 0.05) is 6.07 Å². The Balaban J connectivity index is 3.04. The normalized spacial score (nSPS) is 9.40. The second-order valence-corrected chi connectivity index (χ2v) is 2.62. The van der Waals surface area contributed by atoms with Gasteiger partial charge in [-0.2, -0.15) is 0 Å². The monoisotopic (exact) mass is 205 g/mol. The predicted octanol–water partition coefficient (Wildman–Crippen LogP) is 2.45. The minimum absolute atomic E-state index is 0.0163. The van der Waals surface area contributed by atoms with Gasteiger partial charge in [-0.25, -0.2) is 5.54 Å². The predicted molar refractivity (Wildman–Crippen MR) is 40.5 cm³/mol. The molecule has 4 heteroatoms. The van der Waals surface area contributed by atoms with Crippen molar-refractivity contribution in [2.75, 3.05) is 5.54 Å². The average Bonchev–Trinajstić information content (AvgIpc) is 1.95. The van der Waals surface area contributed by atoms with Crippen LogP contribution in [0.5, 0.6) is 5.75 Å². The standard InChI is InChI=1S/C6H5BrFNO/c7-5-2-1-4(9-8)3-6(5)10/h1-3,9-10H. The fraction of sp³-hybridized carbons (Fsp3) is 0. The van der Waals surface area contributed by atoms with E-state index in [2.05, 4.69) is 15.9 Å². The minimum atomic E-state index is 0.0163. The third-order valence-electron chi connectivity index (χ3n) is 1.06. The van der Waals surface area contributed by atoms with E-state index in [1.807, 2.05) is 0 Å². The Labute approximate surface area is 65.7 Å². The number of aromatic hydroxyl groups is 1. The van der Waals surface area contributed by atoms with E-state index in [1.165, 1.54) is 17.7 Å². The molecule has 0 aliphatic rings. The molecule has 0 atom stereocenters. The lowest BCUT2D eigenvalue weighted by atomic mass is 10.3. The quantitative estimate of drug-likeness (QED) is 0.691. The maximum atomic E-state index is 11.7. The Morgan fingerprint density at radius 2 is 2.20 bits per heavy atom. The molecule has 0 heterocycles. The molecule has 0 amide bonds. The average molecular weight is 206 g/mol. The number of hydrogen-bond acceptors (Lipinski definition) is 2. The van der Waals surface area contributed by atoms with Crippen LogP contribution in [0.1, 0.15) is 0 Å². The van der Waals surface area contributed by atoms with Crippen LogP contribution in [0.3, 0.4) is 0 Å². The Morgan fingerprint density at radius 1 is 1.50 bits per heavy atom. The van der Waals surface area contributed by atoms with Crippen LogP contribution >= 0.6 is 15.9 Å². The maximum absolute atomic E-state index is 11.7. The first-order valence-corrected chi connectivity index (χ1v) is 3.38. The summed E-state index contributed by atoms with van der Waals surface area (Å²) in [6.45, 7) is 0. The molecular weight excluding hydrogens is 201 g/mol. The van der Waals surface area contributed by atoms with Crippen molar-refractivity contribution < 1.29 is 9.59 Å². The van der Waals surface area contributed by atoms with Crippen LogP contribution in [0.4, 0.5) is 10.2 Å². The summed E-state index contributed by atoms with van der Waals surface area (Å²) in [5, 5.41) is 8.98. The fourth-order valence-electron chi connectivity index (χ4n) is 0.571. The van der Waals surface area contributed by atoms with Gasteiger partial charge in [0.1, 0.15) is 5.75 Å². The van der Waals surface area contributed by atoms with Gasteiger partial charge in [-0.1, -0.05) is 0 Å². The van der Waals surface area contributed by atoms with E-state index in [4.69, 9.17) is 5.11 Å². The molecular formula is C6H5BrFNO. The van der Waals surface area contributed by atoms with Crippen molar-refractivity contribution in [2.45, 2.75) is 0 Å². The van der Waals surface area contributed by atoms with Gasteiger partial charge >= 0.3 is 0 Å². The number of phenolic OH excluding ortho intramolecular Hbond substituents is 1. The third-order valence-corrected chi connectivity index (χ3v) is 1.73. The van der Waals surface area contributed by atoms with Gasteiger partial charge in [-0.3, -0.25) is 0 Å². The summed E-state index contributed by atoms with van der Waals surface area (Å²) in [6.07, 6.45) is 0. The van der Waals surface area contributed by atoms with Crippen molar-refractivity contribution in [3.8, 4) is 5.75 Å². The molecule has 1 rings (SSSR count). The Kier molecular flexibility index (Phi) is 2.11. The first kappa shape index (κ1) is 7.34. The number of anilines is 1. The minimum Gasteiger partial charge on any atom is -0.507 e. The van der Waals surface area contributed by atoms with E-state index in [0.29, 0.717) is 4.47 Å². The fourth-order valence-corrected chi connectivity index (χ4v) is 0.818. The molecule has 0 aliphatic carbocycles. The number of rotatable bonds is 1. The van der Waals surface area contributed by atoms with Gasteiger partial charge < -0.3 is 5.11 Å². The van der Waals surface area contributed by atoms with Gasteiger partial charge in [0.15, 0.2) is 0 Å². The summed E-state index contributed by atoms with van der Waals surface area (Å²) in [4.78, 5) is 0. The molecule has 1 aromatic carbocycles. The summed E-state index contributed by atoms with van der Waals surface area (Å²) in [6, 6.07) is 4.34. The first-order chi connectivity index (χ1) is 4.74. The van der Waals surface area contributed by atoms with Crippen LogP contribution in [-0.2, 0) is 0 Å². The second kappa shape index (κ2) is 2.88. The van der Waals surface area contributed by atoms with Crippen LogP contribution in [0.25, 0.3) is 0 Å². The first-order valence-electron chi connectivity index (χ1n) is 2.59. The lowest BCUT2D eigenvalue weighted by Gasteiger charge is -1.98. The van der Waals surface area contributed by atoms with Crippen molar-refractivity contribution in [1.29, 1.82) is 0 Å². The highest BCUT2D eigenvalue weighted by molar-refractivity contribution is 9.10. The number of nitrogens with one attached hydrogen (secondary N) is 1. The van der Waals surface area contributed by atoms with E-state index < -0.39 is 0 Å². The third kappa shape index (κ3) is 1.39. The number of benzene rings is 1. The molecule has 0 saturated heterocycles. The Morgan fingerprint density at radius 3 is 2.70 bits per heavy atom. The van der Waals surface area contributed by atoms with Crippen molar-refractivity contribution in [3.63, 3.8) is 0 Å². The molecule has 0 bridgehead atoms. The molecule has 0 fully saturated rings. The molecule has 0 unspecified atom stereocenters. The highest BCUT2D eigenvalue weighted by Gasteiger charge is 1.97. The van der Waals surface area contributed by atoms with E-state index in [1.54, 1.807) is 6.07 Å². The molecule has 2 nitrogen and oxygen atoms in total. The molecule has 2 N–H and O–H groups in total. The van der Waals surface area contributed by atoms with Gasteiger partial charge in [0.2, 0.25) is 0 Å². The lowest BCUT2D eigenvalue weighted by Crippen LogP contribution is -1.80. The number of phenols is 1. The van der Waals surface area contributed by atoms with Gasteiger partial charge in [-0.15, -0.1) is 4.48 Å². The number of hydrogen-bond donors (Lipinski definition) is 2. The summed E-state index contributed by atoms with van der Waals surface area (Å²) >= 11 is 3.06. The second-order valence-electron chi connectivity index (χ2n) is 1.76. The van der Waals surface area contributed by atoms with Crippen LogP contribution in [0.15, 0.2) is 22.7 Å². The zero-order valence-electron chi connectivity index (χ0n) is 4.94. The van der Waals surface area contributed by atoms with Crippen LogP contribution in [-0.4, -0.2) is 5.11 Å². The largest absolute Gasteiger partial charge is 0.507 e. The van der Waals surface area contributed by atoms with Gasteiger partial charge in [-0.05, 0) is 28.1 Å². The van der Waals surface area contributed by atoms with Crippen molar-refractivity contribution in [2.24, 2.45) is 0 Å². The molecule has 0 aromatic heterocycles. The topological polar surface area (TPSA) is 32.3 Å². The summed E-state index contributed by atoms with van der Waals surface area (Å²) in [5.74, 6) is 0.0163. The number of halogens is 2. The zero-order chi connectivity index (χ0) is 7.56. The van der Waals surface area contributed by atoms with Crippen LogP contribution in [0.2, 0.25) is 0 Å².